The lowest BCUT2D eigenvalue weighted by Gasteiger charge is -2.10. The first kappa shape index (κ1) is 9.50. The fourth-order valence-corrected chi connectivity index (χ4v) is 0.285. The first-order chi connectivity index (χ1) is 5.06. The van der Waals surface area contributed by atoms with Crippen molar-refractivity contribution >= 4 is 12.3 Å². The van der Waals surface area contributed by atoms with E-state index >= 15 is 0 Å². The minimum Gasteiger partial charge on any atom is -0.450 e. The average molecular weight is 166 g/mol. The van der Waals surface area contributed by atoms with Gasteiger partial charge in [0.15, 0.2) is 0 Å². The molecule has 2 N–H and O–H groups in total. The molecule has 0 unspecified atom stereocenters. The Bertz CT molecular complexity index is 137. The summed E-state index contributed by atoms with van der Waals surface area (Å²) in [6.45, 7) is -1.73. The molecule has 7 nitrogen and oxygen atoms in total. The molecule has 0 fully saturated rings. The molecule has 0 saturated carbocycles. The van der Waals surface area contributed by atoms with Crippen LogP contribution >= 0.6 is 0 Å². The highest BCUT2D eigenvalue weighted by Gasteiger charge is 2.16. The van der Waals surface area contributed by atoms with Crippen LogP contribution in [0.1, 0.15) is 0 Å². The van der Waals surface area contributed by atoms with Crippen LogP contribution in [-0.2, 0) is 14.2 Å². The van der Waals surface area contributed by atoms with Crippen molar-refractivity contribution in [2.24, 2.45) is 0 Å². The van der Waals surface area contributed by atoms with Crippen molar-refractivity contribution < 1.29 is 34.0 Å². The second-order valence-electron chi connectivity index (χ2n) is 1.29. The van der Waals surface area contributed by atoms with E-state index in [0.717, 1.165) is 7.11 Å². The molecule has 0 aliphatic rings. The van der Waals surface area contributed by atoms with Crippen molar-refractivity contribution in [1.29, 1.82) is 0 Å². The van der Waals surface area contributed by atoms with Gasteiger partial charge in [-0.2, -0.15) is 0 Å². The van der Waals surface area contributed by atoms with Gasteiger partial charge in [0.25, 0.3) is 0 Å². The van der Waals surface area contributed by atoms with Gasteiger partial charge < -0.3 is 24.4 Å². The Hall–Kier alpha value is -1.50. The molecule has 0 amide bonds. The van der Waals surface area contributed by atoms with Crippen LogP contribution in [-0.4, -0.2) is 36.1 Å². The maximum Gasteiger partial charge on any atom is 0.510 e. The van der Waals surface area contributed by atoms with Gasteiger partial charge in [0.05, 0.1) is 0 Å². The molecule has 0 aromatic carbocycles. The number of carbonyl (C=O) groups is 2. The van der Waals surface area contributed by atoms with Crippen LogP contribution in [0.2, 0.25) is 0 Å². The summed E-state index contributed by atoms with van der Waals surface area (Å²) in [4.78, 5) is 19.5. The number of rotatable bonds is 3. The van der Waals surface area contributed by atoms with Crippen LogP contribution in [0.5, 0.6) is 0 Å². The normalized spacial score (nSPS) is 9.27. The number of hydrogen-bond donors (Lipinski definition) is 2. The number of hydrogen-bond acceptors (Lipinski definition) is 5. The summed E-state index contributed by atoms with van der Waals surface area (Å²) < 4.78 is 11.8. The van der Waals surface area contributed by atoms with Crippen LogP contribution in [0.3, 0.4) is 0 Å². The lowest BCUT2D eigenvalue weighted by atomic mass is 11.1. The van der Waals surface area contributed by atoms with E-state index in [1.54, 1.807) is 0 Å². The lowest BCUT2D eigenvalue weighted by Crippen LogP contribution is -2.24. The first-order valence-electron chi connectivity index (χ1n) is 2.38. The van der Waals surface area contributed by atoms with Crippen LogP contribution in [0, 0.1) is 0 Å². The van der Waals surface area contributed by atoms with Crippen molar-refractivity contribution in [2.45, 2.75) is 6.48 Å². The Balaban J connectivity index is 3.76. The van der Waals surface area contributed by atoms with E-state index in [1.165, 1.54) is 0 Å². The maximum atomic E-state index is 9.77. The molecule has 64 valence electrons. The van der Waals surface area contributed by atoms with Crippen molar-refractivity contribution in [1.82, 2.24) is 0 Å². The molecule has 0 aliphatic carbocycles. The average Bonchev–Trinajstić information content (AvgIpc) is 1.84. The van der Waals surface area contributed by atoms with E-state index < -0.39 is 18.8 Å². The standard InChI is InChI=1S/C4H6O7/c1-9-4(10-2(5)6)11-3(7)8/h4H,1H3,(H,5,6)(H,7,8). The second kappa shape index (κ2) is 4.34. The summed E-state index contributed by atoms with van der Waals surface area (Å²) in [6, 6.07) is 0. The van der Waals surface area contributed by atoms with Crippen LogP contribution < -0.4 is 0 Å². The molecule has 0 aliphatic heterocycles. The minimum atomic E-state index is -1.73. The molecule has 0 atom stereocenters. The van der Waals surface area contributed by atoms with Gasteiger partial charge in [-0.1, -0.05) is 0 Å². The van der Waals surface area contributed by atoms with E-state index in [1.807, 2.05) is 0 Å². The third-order valence-corrected chi connectivity index (χ3v) is 0.587. The molecular formula is C4H6O7. The molecule has 0 saturated heterocycles. The Morgan fingerprint density at radius 3 is 1.73 bits per heavy atom. The zero-order valence-electron chi connectivity index (χ0n) is 5.51. The van der Waals surface area contributed by atoms with E-state index in [0.29, 0.717) is 0 Å². The predicted molar refractivity (Wildman–Crippen MR) is 29.0 cm³/mol. The molecule has 0 bridgehead atoms. The van der Waals surface area contributed by atoms with Crippen molar-refractivity contribution in [2.75, 3.05) is 7.11 Å². The fraction of sp³-hybridized carbons (Fsp3) is 0.500. The molecule has 0 heterocycles. The SMILES string of the molecule is COC(OC(=O)O)OC(=O)O. The smallest absolute Gasteiger partial charge is 0.450 e. The number of ether oxygens (including phenoxy) is 3. The third-order valence-electron chi connectivity index (χ3n) is 0.587. The van der Waals surface area contributed by atoms with Gasteiger partial charge >= 0.3 is 18.8 Å². The fourth-order valence-electron chi connectivity index (χ4n) is 0.285. The Morgan fingerprint density at radius 1 is 1.18 bits per heavy atom. The summed E-state index contributed by atoms with van der Waals surface area (Å²) in [5.41, 5.74) is 0. The molecular weight excluding hydrogens is 160 g/mol. The van der Waals surface area contributed by atoms with Gasteiger partial charge in [-0.25, -0.2) is 9.59 Å². The minimum absolute atomic E-state index is 1.04. The Kier molecular flexibility index (Phi) is 3.75. The van der Waals surface area contributed by atoms with Crippen LogP contribution in [0.4, 0.5) is 9.59 Å². The summed E-state index contributed by atoms with van der Waals surface area (Å²) >= 11 is 0. The van der Waals surface area contributed by atoms with Gasteiger partial charge in [-0.15, -0.1) is 0 Å². The highest BCUT2D eigenvalue weighted by Crippen LogP contribution is 1.96. The molecule has 0 spiro atoms. The highest BCUT2D eigenvalue weighted by atomic mass is 16.9. The monoisotopic (exact) mass is 166 g/mol. The van der Waals surface area contributed by atoms with Crippen molar-refractivity contribution in [3.8, 4) is 0 Å². The molecule has 0 radical (unpaired) electrons. The summed E-state index contributed by atoms with van der Waals surface area (Å²) in [7, 11) is 1.04. The topological polar surface area (TPSA) is 102 Å². The van der Waals surface area contributed by atoms with E-state index in [-0.39, 0.29) is 0 Å². The quantitative estimate of drug-likeness (QED) is 0.459. The van der Waals surface area contributed by atoms with Gasteiger partial charge in [0.2, 0.25) is 0 Å². The number of carboxylic acid groups (broad SMARTS) is 2. The zero-order valence-corrected chi connectivity index (χ0v) is 5.51. The van der Waals surface area contributed by atoms with Crippen molar-refractivity contribution in [3.63, 3.8) is 0 Å². The summed E-state index contributed by atoms with van der Waals surface area (Å²) in [5.74, 6) is 0. The van der Waals surface area contributed by atoms with E-state index in [4.69, 9.17) is 10.2 Å². The molecule has 11 heavy (non-hydrogen) atoms. The van der Waals surface area contributed by atoms with Gasteiger partial charge in [0.1, 0.15) is 0 Å². The lowest BCUT2D eigenvalue weighted by molar-refractivity contribution is -0.229. The highest BCUT2D eigenvalue weighted by molar-refractivity contribution is 5.58. The van der Waals surface area contributed by atoms with Crippen LogP contribution in [0.25, 0.3) is 0 Å². The first-order valence-corrected chi connectivity index (χ1v) is 2.38. The van der Waals surface area contributed by atoms with E-state index in [2.05, 4.69) is 14.2 Å². The zero-order chi connectivity index (χ0) is 8.85. The molecule has 0 rings (SSSR count). The Morgan fingerprint density at radius 2 is 1.55 bits per heavy atom. The summed E-state index contributed by atoms with van der Waals surface area (Å²) in [5, 5.41) is 15.9. The van der Waals surface area contributed by atoms with Gasteiger partial charge in [0, 0.05) is 7.11 Å². The third kappa shape index (κ3) is 4.97. The van der Waals surface area contributed by atoms with Crippen molar-refractivity contribution in [3.05, 3.63) is 0 Å². The molecule has 7 heteroatoms. The maximum absolute atomic E-state index is 9.77. The number of methoxy groups -OCH3 is 1. The van der Waals surface area contributed by atoms with Crippen LogP contribution in [0.15, 0.2) is 0 Å². The molecule has 0 aromatic rings. The molecule has 0 aromatic heterocycles. The largest absolute Gasteiger partial charge is 0.510 e. The predicted octanol–water partition coefficient (Wildman–Crippen LogP) is 0.306. The van der Waals surface area contributed by atoms with Gasteiger partial charge in [-0.3, -0.25) is 0 Å². The van der Waals surface area contributed by atoms with Gasteiger partial charge in [-0.05, 0) is 0 Å². The second-order valence-corrected chi connectivity index (χ2v) is 1.29. The summed E-state index contributed by atoms with van der Waals surface area (Å²) in [6.07, 6.45) is -3.36. The van der Waals surface area contributed by atoms with E-state index in [9.17, 15) is 9.59 Å². The Labute approximate surface area is 61.1 Å².